The number of hydrogen-bond donors (Lipinski definition) is 1. The van der Waals surface area contributed by atoms with Crippen molar-refractivity contribution in [3.8, 4) is 0 Å². The van der Waals surface area contributed by atoms with E-state index in [1.165, 1.54) is 14.2 Å². The summed E-state index contributed by atoms with van der Waals surface area (Å²) in [6, 6.07) is 4.28. The molecule has 3 nitrogen and oxygen atoms in total. The Morgan fingerprint density at radius 1 is 1.35 bits per heavy atom. The second-order valence-electron chi connectivity index (χ2n) is 3.98. The topological polar surface area (TPSA) is 29.9 Å². The summed E-state index contributed by atoms with van der Waals surface area (Å²) >= 11 is 5.29. The quantitative estimate of drug-likeness (QED) is 0.831. The van der Waals surface area contributed by atoms with Gasteiger partial charge < -0.3 is 5.32 Å². The molecule has 0 atom stereocenters. The molecule has 0 saturated carbocycles. The van der Waals surface area contributed by atoms with Gasteiger partial charge in [0.05, 0.1) is 9.98 Å². The smallest absolute Gasteiger partial charge is 0.0701 e. The molecule has 5 heteroatoms. The van der Waals surface area contributed by atoms with Crippen molar-refractivity contribution >= 4 is 27.3 Å². The molecule has 0 aliphatic heterocycles. The Hall–Kier alpha value is -0.650. The average Bonchev–Trinajstić information content (AvgIpc) is 2.88. The summed E-state index contributed by atoms with van der Waals surface area (Å²) in [6.45, 7) is 2.05. The van der Waals surface area contributed by atoms with Crippen LogP contribution in [0.25, 0.3) is 0 Å². The van der Waals surface area contributed by atoms with Crippen molar-refractivity contribution in [1.82, 2.24) is 15.1 Å². The summed E-state index contributed by atoms with van der Waals surface area (Å²) in [5.41, 5.74) is 1.29. The SMILES string of the molecule is Cn1cc(CCNCCc2ccc(Br)s2)cn1. The van der Waals surface area contributed by atoms with Crippen LogP contribution in [0.15, 0.2) is 28.3 Å². The number of nitrogens with zero attached hydrogens (tertiary/aromatic N) is 2. The van der Waals surface area contributed by atoms with E-state index in [1.807, 2.05) is 29.3 Å². The molecule has 0 amide bonds. The van der Waals surface area contributed by atoms with Gasteiger partial charge in [0, 0.05) is 18.1 Å². The first-order valence-corrected chi connectivity index (χ1v) is 7.27. The molecule has 0 bridgehead atoms. The van der Waals surface area contributed by atoms with Crippen LogP contribution in [0.3, 0.4) is 0 Å². The maximum Gasteiger partial charge on any atom is 0.0701 e. The summed E-state index contributed by atoms with van der Waals surface area (Å²) in [4.78, 5) is 1.42. The monoisotopic (exact) mass is 313 g/mol. The summed E-state index contributed by atoms with van der Waals surface area (Å²) in [5, 5.41) is 7.61. The molecule has 0 aromatic carbocycles. The van der Waals surface area contributed by atoms with Gasteiger partial charge in [-0.1, -0.05) is 0 Å². The fraction of sp³-hybridized carbons (Fsp3) is 0.417. The Kier molecular flexibility index (Phi) is 4.76. The second-order valence-corrected chi connectivity index (χ2v) is 6.53. The predicted molar refractivity (Wildman–Crippen MR) is 75.5 cm³/mol. The maximum absolute atomic E-state index is 4.15. The first-order chi connectivity index (χ1) is 8.24. The zero-order valence-electron chi connectivity index (χ0n) is 9.82. The highest BCUT2D eigenvalue weighted by Gasteiger charge is 1.98. The molecule has 0 aliphatic rings. The minimum absolute atomic E-state index is 1.01. The van der Waals surface area contributed by atoms with E-state index in [2.05, 4.69) is 44.7 Å². The van der Waals surface area contributed by atoms with E-state index < -0.39 is 0 Å². The molecule has 2 heterocycles. The number of thiophene rings is 1. The lowest BCUT2D eigenvalue weighted by molar-refractivity contribution is 0.684. The largest absolute Gasteiger partial charge is 0.316 e. The van der Waals surface area contributed by atoms with Crippen molar-refractivity contribution in [3.05, 3.63) is 38.8 Å². The third-order valence-electron chi connectivity index (χ3n) is 2.53. The fourth-order valence-electron chi connectivity index (χ4n) is 1.66. The van der Waals surface area contributed by atoms with Crippen molar-refractivity contribution < 1.29 is 0 Å². The van der Waals surface area contributed by atoms with Crippen molar-refractivity contribution in [2.75, 3.05) is 13.1 Å². The third-order valence-corrected chi connectivity index (χ3v) is 4.21. The number of nitrogens with one attached hydrogen (secondary N) is 1. The van der Waals surface area contributed by atoms with Crippen molar-refractivity contribution in [3.63, 3.8) is 0 Å². The molecule has 0 aliphatic carbocycles. The van der Waals surface area contributed by atoms with Crippen LogP contribution in [0.2, 0.25) is 0 Å². The van der Waals surface area contributed by atoms with Gasteiger partial charge >= 0.3 is 0 Å². The standard InChI is InChI=1S/C12H16BrN3S/c1-16-9-10(8-15-16)4-6-14-7-5-11-2-3-12(13)17-11/h2-3,8-9,14H,4-7H2,1H3. The lowest BCUT2D eigenvalue weighted by atomic mass is 10.2. The Bertz CT molecular complexity index is 422. The van der Waals surface area contributed by atoms with Gasteiger partial charge in [0.2, 0.25) is 0 Å². The van der Waals surface area contributed by atoms with E-state index in [4.69, 9.17) is 0 Å². The Morgan fingerprint density at radius 2 is 2.18 bits per heavy atom. The van der Waals surface area contributed by atoms with Crippen LogP contribution in [-0.2, 0) is 19.9 Å². The second kappa shape index (κ2) is 6.33. The minimum atomic E-state index is 1.01. The van der Waals surface area contributed by atoms with E-state index in [-0.39, 0.29) is 0 Å². The Morgan fingerprint density at radius 3 is 2.82 bits per heavy atom. The van der Waals surface area contributed by atoms with Gasteiger partial charge in [-0.25, -0.2) is 0 Å². The highest BCUT2D eigenvalue weighted by molar-refractivity contribution is 9.11. The van der Waals surface area contributed by atoms with Gasteiger partial charge in [-0.15, -0.1) is 11.3 Å². The molecule has 2 aromatic rings. The molecule has 0 spiro atoms. The van der Waals surface area contributed by atoms with Crippen molar-refractivity contribution in [1.29, 1.82) is 0 Å². The molecule has 92 valence electrons. The number of rotatable bonds is 6. The molecule has 17 heavy (non-hydrogen) atoms. The van der Waals surface area contributed by atoms with Crippen molar-refractivity contribution in [2.24, 2.45) is 7.05 Å². The Balaban J connectivity index is 1.60. The van der Waals surface area contributed by atoms with Gasteiger partial charge in [-0.2, -0.15) is 5.10 Å². The molecular formula is C12H16BrN3S. The summed E-state index contributed by atoms with van der Waals surface area (Å²) in [7, 11) is 1.95. The predicted octanol–water partition coefficient (Wildman–Crippen LogP) is 2.62. The van der Waals surface area contributed by atoms with Crippen LogP contribution in [-0.4, -0.2) is 22.9 Å². The summed E-state index contributed by atoms with van der Waals surface area (Å²) < 4.78 is 3.06. The van der Waals surface area contributed by atoms with Crippen LogP contribution < -0.4 is 5.32 Å². The highest BCUT2D eigenvalue weighted by atomic mass is 79.9. The van der Waals surface area contributed by atoms with E-state index in [1.54, 1.807) is 0 Å². The first-order valence-electron chi connectivity index (χ1n) is 5.66. The van der Waals surface area contributed by atoms with Gasteiger partial charge in [0.15, 0.2) is 0 Å². The molecule has 0 unspecified atom stereocenters. The van der Waals surface area contributed by atoms with Gasteiger partial charge in [-0.05, 0) is 59.6 Å². The molecule has 2 rings (SSSR count). The van der Waals surface area contributed by atoms with Crippen LogP contribution in [0.4, 0.5) is 0 Å². The molecule has 1 N–H and O–H groups in total. The maximum atomic E-state index is 4.15. The number of halogens is 1. The summed E-state index contributed by atoms with van der Waals surface area (Å²) in [5.74, 6) is 0. The van der Waals surface area contributed by atoms with Gasteiger partial charge in [-0.3, -0.25) is 4.68 Å². The first kappa shape index (κ1) is 12.8. The zero-order chi connectivity index (χ0) is 12.1. The van der Waals surface area contributed by atoms with Gasteiger partial charge in [0.1, 0.15) is 0 Å². The zero-order valence-corrected chi connectivity index (χ0v) is 12.2. The molecular weight excluding hydrogens is 298 g/mol. The lowest BCUT2D eigenvalue weighted by Gasteiger charge is -2.01. The van der Waals surface area contributed by atoms with E-state index in [9.17, 15) is 0 Å². The highest BCUT2D eigenvalue weighted by Crippen LogP contribution is 2.21. The minimum Gasteiger partial charge on any atom is -0.316 e. The van der Waals surface area contributed by atoms with Crippen LogP contribution in [0, 0.1) is 0 Å². The fourth-order valence-corrected chi connectivity index (χ4v) is 3.14. The van der Waals surface area contributed by atoms with E-state index in [0.717, 1.165) is 25.9 Å². The summed E-state index contributed by atoms with van der Waals surface area (Å²) in [6.07, 6.45) is 6.14. The molecule has 0 saturated heterocycles. The Labute approximate surface area is 114 Å². The van der Waals surface area contributed by atoms with Crippen LogP contribution >= 0.6 is 27.3 Å². The van der Waals surface area contributed by atoms with Crippen LogP contribution in [0.1, 0.15) is 10.4 Å². The molecule has 0 radical (unpaired) electrons. The average molecular weight is 314 g/mol. The van der Waals surface area contributed by atoms with Crippen molar-refractivity contribution in [2.45, 2.75) is 12.8 Å². The van der Waals surface area contributed by atoms with E-state index in [0.29, 0.717) is 0 Å². The normalized spacial score (nSPS) is 10.9. The molecule has 0 fully saturated rings. The number of aryl methyl sites for hydroxylation is 1. The van der Waals surface area contributed by atoms with E-state index >= 15 is 0 Å². The third kappa shape index (κ3) is 4.26. The number of aromatic nitrogens is 2. The van der Waals surface area contributed by atoms with Gasteiger partial charge in [0.25, 0.3) is 0 Å². The lowest BCUT2D eigenvalue weighted by Crippen LogP contribution is -2.19. The van der Waals surface area contributed by atoms with Crippen LogP contribution in [0.5, 0.6) is 0 Å². The molecule has 2 aromatic heterocycles. The number of hydrogen-bond acceptors (Lipinski definition) is 3.